The molecule has 0 atom stereocenters. The number of benzene rings is 1. The van der Waals surface area contributed by atoms with Gasteiger partial charge in [0.2, 0.25) is 0 Å². The molecule has 4 heteroatoms. The zero-order valence-electron chi connectivity index (χ0n) is 9.40. The van der Waals surface area contributed by atoms with Crippen LogP contribution in [0.1, 0.15) is 20.8 Å². The first-order valence-corrected chi connectivity index (χ1v) is 4.97. The van der Waals surface area contributed by atoms with Gasteiger partial charge in [-0.3, -0.25) is 0 Å². The summed E-state index contributed by atoms with van der Waals surface area (Å²) in [6, 6.07) is 6.76. The summed E-state index contributed by atoms with van der Waals surface area (Å²) in [7, 11) is -1.42. The van der Waals surface area contributed by atoms with E-state index in [-0.39, 0.29) is 5.41 Å². The minimum absolute atomic E-state index is 0.120. The summed E-state index contributed by atoms with van der Waals surface area (Å²) in [6.07, 6.45) is 0. The molecule has 0 aliphatic rings. The van der Waals surface area contributed by atoms with E-state index in [0.29, 0.717) is 12.1 Å². The van der Waals surface area contributed by atoms with Gasteiger partial charge in [0.25, 0.3) is 0 Å². The van der Waals surface area contributed by atoms with Crippen molar-refractivity contribution in [3.8, 4) is 5.75 Å². The summed E-state index contributed by atoms with van der Waals surface area (Å²) in [5, 5.41) is 17.8. The maximum absolute atomic E-state index is 8.89. The van der Waals surface area contributed by atoms with Gasteiger partial charge in [-0.1, -0.05) is 32.9 Å². The molecule has 0 saturated heterocycles. The maximum Gasteiger partial charge on any atom is 0.488 e. The van der Waals surface area contributed by atoms with E-state index in [4.69, 9.17) is 14.8 Å². The Labute approximate surface area is 90.9 Å². The summed E-state index contributed by atoms with van der Waals surface area (Å²) in [5.74, 6) is 0.745. The standard InChI is InChI=1S/C11H17BO3/c1-11(2,3)8-15-10-6-4-9(5-7-10)12(13)14/h4-7,13-14H,8H2,1-3H3. The van der Waals surface area contributed by atoms with Crippen LogP contribution >= 0.6 is 0 Å². The fourth-order valence-electron chi connectivity index (χ4n) is 1.04. The van der Waals surface area contributed by atoms with Gasteiger partial charge >= 0.3 is 7.12 Å². The molecule has 0 radical (unpaired) electrons. The quantitative estimate of drug-likeness (QED) is 0.722. The number of ether oxygens (including phenoxy) is 1. The van der Waals surface area contributed by atoms with Gasteiger partial charge in [0.05, 0.1) is 6.61 Å². The van der Waals surface area contributed by atoms with Crippen molar-refractivity contribution in [2.75, 3.05) is 6.61 Å². The third kappa shape index (κ3) is 4.36. The molecule has 0 aliphatic heterocycles. The third-order valence-corrected chi connectivity index (χ3v) is 1.85. The molecule has 0 fully saturated rings. The van der Waals surface area contributed by atoms with Crippen LogP contribution in [0.5, 0.6) is 5.75 Å². The van der Waals surface area contributed by atoms with Gasteiger partial charge in [-0.2, -0.15) is 0 Å². The van der Waals surface area contributed by atoms with Crippen molar-refractivity contribution in [3.05, 3.63) is 24.3 Å². The summed E-state index contributed by atoms with van der Waals surface area (Å²) in [4.78, 5) is 0. The van der Waals surface area contributed by atoms with Crippen LogP contribution in [-0.2, 0) is 0 Å². The highest BCUT2D eigenvalue weighted by Crippen LogP contribution is 2.16. The molecule has 15 heavy (non-hydrogen) atoms. The molecule has 0 spiro atoms. The molecule has 82 valence electrons. The Kier molecular flexibility index (Phi) is 3.77. The minimum atomic E-state index is -1.42. The van der Waals surface area contributed by atoms with Crippen LogP contribution in [0.25, 0.3) is 0 Å². The lowest BCUT2D eigenvalue weighted by Crippen LogP contribution is -2.29. The molecular formula is C11H17BO3. The van der Waals surface area contributed by atoms with Crippen molar-refractivity contribution in [3.63, 3.8) is 0 Å². The van der Waals surface area contributed by atoms with Gasteiger partial charge in [-0.25, -0.2) is 0 Å². The molecule has 0 heterocycles. The summed E-state index contributed by atoms with van der Waals surface area (Å²) >= 11 is 0. The van der Waals surface area contributed by atoms with Crippen molar-refractivity contribution in [1.29, 1.82) is 0 Å². The van der Waals surface area contributed by atoms with E-state index in [9.17, 15) is 0 Å². The second-order valence-electron chi connectivity index (χ2n) is 4.79. The zero-order chi connectivity index (χ0) is 11.5. The number of hydrogen-bond acceptors (Lipinski definition) is 3. The van der Waals surface area contributed by atoms with Crippen molar-refractivity contribution in [2.24, 2.45) is 5.41 Å². The molecule has 0 saturated carbocycles. The van der Waals surface area contributed by atoms with Crippen LogP contribution in [0.4, 0.5) is 0 Å². The van der Waals surface area contributed by atoms with E-state index >= 15 is 0 Å². The average Bonchev–Trinajstić information content (AvgIpc) is 2.14. The predicted molar refractivity (Wildman–Crippen MR) is 61.2 cm³/mol. The van der Waals surface area contributed by atoms with Gasteiger partial charge in [0.1, 0.15) is 5.75 Å². The Morgan fingerprint density at radius 2 is 1.67 bits per heavy atom. The Bertz CT molecular complexity index is 301. The van der Waals surface area contributed by atoms with Crippen LogP contribution in [0.15, 0.2) is 24.3 Å². The molecule has 2 N–H and O–H groups in total. The fraction of sp³-hybridized carbons (Fsp3) is 0.455. The van der Waals surface area contributed by atoms with Crippen molar-refractivity contribution < 1.29 is 14.8 Å². The van der Waals surface area contributed by atoms with Crippen LogP contribution in [0.3, 0.4) is 0 Å². The first-order chi connectivity index (χ1) is 6.88. The van der Waals surface area contributed by atoms with Gasteiger partial charge in [-0.15, -0.1) is 0 Å². The van der Waals surface area contributed by atoms with E-state index in [1.165, 1.54) is 0 Å². The molecule has 3 nitrogen and oxygen atoms in total. The lowest BCUT2D eigenvalue weighted by molar-refractivity contribution is 0.198. The second-order valence-corrected chi connectivity index (χ2v) is 4.79. The summed E-state index contributed by atoms with van der Waals surface area (Å²) in [5.41, 5.74) is 0.591. The fourth-order valence-corrected chi connectivity index (χ4v) is 1.04. The maximum atomic E-state index is 8.89. The normalized spacial score (nSPS) is 11.3. The van der Waals surface area contributed by atoms with Gasteiger partial charge in [0, 0.05) is 0 Å². The second kappa shape index (κ2) is 4.68. The Hall–Kier alpha value is -0.995. The molecule has 0 aromatic heterocycles. The van der Waals surface area contributed by atoms with Crippen LogP contribution in [-0.4, -0.2) is 23.8 Å². The van der Waals surface area contributed by atoms with Gasteiger partial charge in [-0.05, 0) is 23.0 Å². The van der Waals surface area contributed by atoms with E-state index < -0.39 is 7.12 Å². The summed E-state index contributed by atoms with van der Waals surface area (Å²) < 4.78 is 5.54. The molecule has 1 aromatic rings. The first-order valence-electron chi connectivity index (χ1n) is 4.97. The SMILES string of the molecule is CC(C)(C)COc1ccc(B(O)O)cc1. The Balaban J connectivity index is 2.57. The monoisotopic (exact) mass is 208 g/mol. The highest BCUT2D eigenvalue weighted by molar-refractivity contribution is 6.58. The Morgan fingerprint density at radius 3 is 2.07 bits per heavy atom. The molecule has 0 aliphatic carbocycles. The average molecular weight is 208 g/mol. The predicted octanol–water partition coefficient (Wildman–Crippen LogP) is 0.791. The molecular weight excluding hydrogens is 191 g/mol. The largest absolute Gasteiger partial charge is 0.493 e. The van der Waals surface area contributed by atoms with E-state index in [1.807, 2.05) is 0 Å². The van der Waals surface area contributed by atoms with Crippen molar-refractivity contribution in [1.82, 2.24) is 0 Å². The lowest BCUT2D eigenvalue weighted by atomic mass is 9.80. The molecule has 1 rings (SSSR count). The smallest absolute Gasteiger partial charge is 0.488 e. The van der Waals surface area contributed by atoms with Crippen LogP contribution < -0.4 is 10.2 Å². The Morgan fingerprint density at radius 1 is 1.13 bits per heavy atom. The third-order valence-electron chi connectivity index (χ3n) is 1.85. The molecule has 0 unspecified atom stereocenters. The zero-order valence-corrected chi connectivity index (χ0v) is 9.40. The van der Waals surface area contributed by atoms with E-state index in [1.54, 1.807) is 24.3 Å². The van der Waals surface area contributed by atoms with Crippen molar-refractivity contribution >= 4 is 12.6 Å². The molecule has 0 bridgehead atoms. The lowest BCUT2D eigenvalue weighted by Gasteiger charge is -2.18. The number of hydrogen-bond donors (Lipinski definition) is 2. The van der Waals surface area contributed by atoms with Crippen molar-refractivity contribution in [2.45, 2.75) is 20.8 Å². The first kappa shape index (κ1) is 12.1. The minimum Gasteiger partial charge on any atom is -0.493 e. The van der Waals surface area contributed by atoms with Gasteiger partial charge < -0.3 is 14.8 Å². The number of rotatable bonds is 3. The molecule has 0 amide bonds. The van der Waals surface area contributed by atoms with Crippen LogP contribution in [0, 0.1) is 5.41 Å². The van der Waals surface area contributed by atoms with Crippen LogP contribution in [0.2, 0.25) is 0 Å². The van der Waals surface area contributed by atoms with E-state index in [2.05, 4.69) is 20.8 Å². The highest BCUT2D eigenvalue weighted by Gasteiger charge is 2.12. The summed E-state index contributed by atoms with van der Waals surface area (Å²) in [6.45, 7) is 6.92. The highest BCUT2D eigenvalue weighted by atomic mass is 16.5. The molecule has 1 aromatic carbocycles. The van der Waals surface area contributed by atoms with Gasteiger partial charge in [0.15, 0.2) is 0 Å². The van der Waals surface area contributed by atoms with E-state index in [0.717, 1.165) is 5.75 Å². The topological polar surface area (TPSA) is 49.7 Å².